The van der Waals surface area contributed by atoms with Crippen molar-refractivity contribution in [1.82, 2.24) is 9.62 Å². The molecule has 5 rings (SSSR count). The van der Waals surface area contributed by atoms with Crippen LogP contribution in [0.3, 0.4) is 0 Å². The minimum Gasteiger partial charge on any atom is -0.454 e. The maximum atomic E-state index is 13.3. The van der Waals surface area contributed by atoms with Crippen molar-refractivity contribution in [3.8, 4) is 11.5 Å². The van der Waals surface area contributed by atoms with Crippen LogP contribution in [0.4, 0.5) is 0 Å². The summed E-state index contributed by atoms with van der Waals surface area (Å²) in [5.74, 6) is 0.845. The van der Waals surface area contributed by atoms with Crippen molar-refractivity contribution in [1.29, 1.82) is 0 Å². The lowest BCUT2D eigenvalue weighted by Gasteiger charge is -2.31. The number of carbonyl (C=O) groups is 1. The highest BCUT2D eigenvalue weighted by Crippen LogP contribution is 2.32. The maximum Gasteiger partial charge on any atom is 0.243 e. The molecular weight excluding hydrogens is 428 g/mol. The number of nitrogens with one attached hydrogen (secondary N) is 1. The van der Waals surface area contributed by atoms with E-state index >= 15 is 0 Å². The van der Waals surface area contributed by atoms with Gasteiger partial charge in [-0.1, -0.05) is 36.4 Å². The molecule has 1 fully saturated rings. The van der Waals surface area contributed by atoms with Crippen LogP contribution in [0, 0.1) is 5.92 Å². The molecule has 32 heavy (non-hydrogen) atoms. The first-order valence-corrected chi connectivity index (χ1v) is 12.1. The zero-order chi connectivity index (χ0) is 22.1. The molecule has 0 bridgehead atoms. The largest absolute Gasteiger partial charge is 0.454 e. The van der Waals surface area contributed by atoms with Gasteiger partial charge in [0, 0.05) is 19.6 Å². The van der Waals surface area contributed by atoms with Crippen LogP contribution in [-0.4, -0.2) is 38.5 Å². The summed E-state index contributed by atoms with van der Waals surface area (Å²) in [4.78, 5) is 13.1. The van der Waals surface area contributed by atoms with Crippen molar-refractivity contribution < 1.29 is 22.7 Å². The topological polar surface area (TPSA) is 84.9 Å². The number of amides is 1. The number of fused-ring (bicyclic) bond motifs is 2. The normalized spacial score (nSPS) is 18.6. The lowest BCUT2D eigenvalue weighted by atomic mass is 9.98. The minimum atomic E-state index is -3.67. The van der Waals surface area contributed by atoms with Gasteiger partial charge in [0.05, 0.1) is 10.8 Å². The van der Waals surface area contributed by atoms with Crippen LogP contribution >= 0.6 is 0 Å². The Morgan fingerprint density at radius 2 is 1.81 bits per heavy atom. The summed E-state index contributed by atoms with van der Waals surface area (Å²) in [6.45, 7) is 1.15. The summed E-state index contributed by atoms with van der Waals surface area (Å²) in [5, 5.41) is 4.81. The van der Waals surface area contributed by atoms with Crippen LogP contribution in [0.25, 0.3) is 10.8 Å². The Kier molecular flexibility index (Phi) is 5.48. The summed E-state index contributed by atoms with van der Waals surface area (Å²) in [7, 11) is -3.67. The van der Waals surface area contributed by atoms with Gasteiger partial charge in [-0.05, 0) is 53.4 Å². The number of rotatable bonds is 5. The number of hydrogen-bond acceptors (Lipinski definition) is 5. The predicted octanol–water partition coefficient (Wildman–Crippen LogP) is 3.29. The van der Waals surface area contributed by atoms with E-state index in [1.807, 2.05) is 48.5 Å². The molecule has 0 unspecified atom stereocenters. The number of nitrogens with zero attached hydrogens (tertiary/aromatic N) is 1. The molecule has 2 heterocycles. The Hall–Kier alpha value is -3.10. The number of hydrogen-bond donors (Lipinski definition) is 1. The zero-order valence-corrected chi connectivity index (χ0v) is 18.3. The number of benzene rings is 3. The molecule has 1 N–H and O–H groups in total. The van der Waals surface area contributed by atoms with E-state index in [-0.39, 0.29) is 30.1 Å². The van der Waals surface area contributed by atoms with E-state index in [0.717, 1.165) is 16.3 Å². The Balaban J connectivity index is 1.26. The molecule has 0 spiro atoms. The number of ether oxygens (including phenoxy) is 2. The van der Waals surface area contributed by atoms with E-state index in [1.54, 1.807) is 12.1 Å². The van der Waals surface area contributed by atoms with Crippen LogP contribution in [0.1, 0.15) is 18.4 Å². The van der Waals surface area contributed by atoms with Gasteiger partial charge < -0.3 is 14.8 Å². The first-order chi connectivity index (χ1) is 15.5. The fraction of sp³-hybridized carbons (Fsp3) is 0.292. The van der Waals surface area contributed by atoms with Crippen molar-refractivity contribution in [3.05, 3.63) is 66.2 Å². The smallest absolute Gasteiger partial charge is 0.243 e. The zero-order valence-electron chi connectivity index (χ0n) is 17.5. The Morgan fingerprint density at radius 1 is 1.00 bits per heavy atom. The highest BCUT2D eigenvalue weighted by molar-refractivity contribution is 7.89. The molecule has 2 aliphatic heterocycles. The molecular formula is C24H24N2O5S. The summed E-state index contributed by atoms with van der Waals surface area (Å²) in [6, 6.07) is 18.4. The maximum absolute atomic E-state index is 13.3. The molecule has 7 nitrogen and oxygen atoms in total. The first kappa shape index (κ1) is 20.8. The van der Waals surface area contributed by atoms with Crippen molar-refractivity contribution in [3.63, 3.8) is 0 Å². The molecule has 1 atom stereocenters. The second kappa shape index (κ2) is 8.44. The molecule has 0 aromatic heterocycles. The average Bonchev–Trinajstić information content (AvgIpc) is 3.30. The molecule has 0 aliphatic carbocycles. The monoisotopic (exact) mass is 452 g/mol. The number of carbonyl (C=O) groups excluding carboxylic acids is 1. The van der Waals surface area contributed by atoms with Gasteiger partial charge in [0.2, 0.25) is 22.7 Å². The number of sulfonamides is 1. The van der Waals surface area contributed by atoms with Gasteiger partial charge >= 0.3 is 0 Å². The fourth-order valence-corrected chi connectivity index (χ4v) is 5.80. The van der Waals surface area contributed by atoms with E-state index in [9.17, 15) is 13.2 Å². The van der Waals surface area contributed by atoms with E-state index in [0.29, 0.717) is 37.4 Å². The van der Waals surface area contributed by atoms with Gasteiger partial charge in [-0.15, -0.1) is 0 Å². The molecule has 0 radical (unpaired) electrons. The van der Waals surface area contributed by atoms with Gasteiger partial charge in [-0.2, -0.15) is 4.31 Å². The lowest BCUT2D eigenvalue weighted by molar-refractivity contribution is -0.126. The summed E-state index contributed by atoms with van der Waals surface area (Å²) >= 11 is 0. The fourth-order valence-electron chi connectivity index (χ4n) is 4.24. The van der Waals surface area contributed by atoms with Crippen molar-refractivity contribution >= 4 is 26.7 Å². The highest BCUT2D eigenvalue weighted by atomic mass is 32.2. The SMILES string of the molecule is O=C(NCc1ccc2c(c1)OCO2)[C@@H]1CCCN(S(=O)(=O)c2ccc3ccccc3c2)C1. The second-order valence-corrected chi connectivity index (χ2v) is 10.1. The summed E-state index contributed by atoms with van der Waals surface area (Å²) in [6.07, 6.45) is 1.31. The van der Waals surface area contributed by atoms with Crippen LogP contribution in [0.2, 0.25) is 0 Å². The van der Waals surface area contributed by atoms with Gasteiger partial charge in [0.15, 0.2) is 11.5 Å². The molecule has 166 valence electrons. The molecule has 3 aromatic rings. The molecule has 0 saturated carbocycles. The van der Waals surface area contributed by atoms with Gasteiger partial charge in [-0.3, -0.25) is 4.79 Å². The van der Waals surface area contributed by atoms with E-state index in [4.69, 9.17) is 9.47 Å². The summed E-state index contributed by atoms with van der Waals surface area (Å²) in [5.41, 5.74) is 0.902. The molecule has 3 aromatic carbocycles. The third-order valence-corrected chi connectivity index (χ3v) is 7.88. The van der Waals surface area contributed by atoms with Gasteiger partial charge in [0.25, 0.3) is 0 Å². The van der Waals surface area contributed by atoms with Crippen LogP contribution in [0.15, 0.2) is 65.6 Å². The predicted molar refractivity (Wildman–Crippen MR) is 120 cm³/mol. The molecule has 1 saturated heterocycles. The standard InChI is InChI=1S/C24H24N2O5S/c27-24(25-14-17-7-10-22-23(12-17)31-16-30-22)20-6-3-11-26(15-20)32(28,29)21-9-8-18-4-1-2-5-19(18)13-21/h1-2,4-5,7-10,12-13,20H,3,6,11,14-16H2,(H,25,27)/t20-/m1/s1. The van der Waals surface area contributed by atoms with E-state index in [1.165, 1.54) is 4.31 Å². The number of piperidine rings is 1. The first-order valence-electron chi connectivity index (χ1n) is 10.7. The Labute approximate surface area is 187 Å². The molecule has 1 amide bonds. The average molecular weight is 453 g/mol. The van der Waals surface area contributed by atoms with Gasteiger partial charge in [0.1, 0.15) is 0 Å². The van der Waals surface area contributed by atoms with Crippen molar-refractivity contribution in [2.75, 3.05) is 19.9 Å². The highest BCUT2D eigenvalue weighted by Gasteiger charge is 2.33. The molecule has 2 aliphatic rings. The minimum absolute atomic E-state index is 0.138. The van der Waals surface area contributed by atoms with Crippen LogP contribution < -0.4 is 14.8 Å². The van der Waals surface area contributed by atoms with E-state index in [2.05, 4.69) is 5.32 Å². The summed E-state index contributed by atoms with van der Waals surface area (Å²) < 4.78 is 38.6. The molecule has 8 heteroatoms. The third-order valence-electron chi connectivity index (χ3n) is 6.02. The lowest BCUT2D eigenvalue weighted by Crippen LogP contribution is -2.45. The van der Waals surface area contributed by atoms with Crippen molar-refractivity contribution in [2.24, 2.45) is 5.92 Å². The Bertz CT molecular complexity index is 1270. The third kappa shape index (κ3) is 4.03. The Morgan fingerprint density at radius 3 is 2.69 bits per heavy atom. The van der Waals surface area contributed by atoms with Crippen LogP contribution in [-0.2, 0) is 21.4 Å². The van der Waals surface area contributed by atoms with Crippen LogP contribution in [0.5, 0.6) is 11.5 Å². The quantitative estimate of drug-likeness (QED) is 0.642. The van der Waals surface area contributed by atoms with Gasteiger partial charge in [-0.25, -0.2) is 8.42 Å². The van der Waals surface area contributed by atoms with E-state index < -0.39 is 10.0 Å². The van der Waals surface area contributed by atoms with Crippen molar-refractivity contribution in [2.45, 2.75) is 24.3 Å². The second-order valence-electron chi connectivity index (χ2n) is 8.12.